The smallest absolute Gasteiger partial charge is 0.333 e. The summed E-state index contributed by atoms with van der Waals surface area (Å²) in [6.07, 6.45) is 1.45. The molecule has 8 nitrogen and oxygen atoms in total. The number of carbonyl (C=O) groups is 1. The maximum absolute atomic E-state index is 15.8. The molecule has 0 spiro atoms. The Balaban J connectivity index is 0.00000432. The van der Waals surface area contributed by atoms with Gasteiger partial charge >= 0.3 is 5.97 Å². The second kappa shape index (κ2) is 13.2. The summed E-state index contributed by atoms with van der Waals surface area (Å²) in [7, 11) is 2.04. The predicted molar refractivity (Wildman–Crippen MR) is 136 cm³/mol. The van der Waals surface area contributed by atoms with Crippen molar-refractivity contribution in [3.8, 4) is 11.5 Å². The van der Waals surface area contributed by atoms with Crippen molar-refractivity contribution in [1.82, 2.24) is 4.90 Å². The van der Waals surface area contributed by atoms with Gasteiger partial charge in [0.25, 0.3) is 0 Å². The molecule has 1 aliphatic heterocycles. The van der Waals surface area contributed by atoms with Gasteiger partial charge in [0.15, 0.2) is 17.6 Å². The van der Waals surface area contributed by atoms with Gasteiger partial charge in [0.1, 0.15) is 17.7 Å². The number of hydrogen-bond donors (Lipinski definition) is 3. The van der Waals surface area contributed by atoms with Crippen LogP contribution in [0.2, 0.25) is 0 Å². The number of ether oxygens (including phenoxy) is 3. The number of nitrogens with zero attached hydrogens (tertiary/aromatic N) is 1. The average molecular weight is 509 g/mol. The summed E-state index contributed by atoms with van der Waals surface area (Å²) in [5.41, 5.74) is 6.67. The third-order valence-corrected chi connectivity index (χ3v) is 5.65. The van der Waals surface area contributed by atoms with Crippen LogP contribution in [0.15, 0.2) is 36.4 Å². The highest BCUT2D eigenvalue weighted by Crippen LogP contribution is 2.35. The molecule has 0 aliphatic carbocycles. The standard InChI is InChI=1S/C25H33FN4O4.ClH/c1-4-32-19-14-20(22(26)21(15-19)34-18-10-12-30(3)13-11-18)23(25(31)33-5-2)29-17-8-6-16(7-9-17)24(27)28;/h6-9,14-15,18,23,29H,4-5,10-13H2,1-3H3,(H3,27,28);1H. The Morgan fingerprint density at radius 2 is 1.86 bits per heavy atom. The first kappa shape index (κ1) is 28.2. The molecule has 2 aromatic carbocycles. The van der Waals surface area contributed by atoms with Gasteiger partial charge in [-0.05, 0) is 64.1 Å². The van der Waals surface area contributed by atoms with Gasteiger partial charge in [-0.3, -0.25) is 5.41 Å². The lowest BCUT2D eigenvalue weighted by molar-refractivity contribution is -0.144. The number of nitrogen functional groups attached to an aromatic ring is 1. The Kier molecular flexibility index (Phi) is 10.6. The van der Waals surface area contributed by atoms with E-state index in [2.05, 4.69) is 10.2 Å². The van der Waals surface area contributed by atoms with E-state index in [1.54, 1.807) is 31.2 Å². The molecule has 0 saturated carbocycles. The number of benzene rings is 2. The predicted octanol–water partition coefficient (Wildman–Crippen LogP) is 4.12. The van der Waals surface area contributed by atoms with Gasteiger partial charge in [-0.2, -0.15) is 0 Å². The quantitative estimate of drug-likeness (QED) is 0.251. The topological polar surface area (TPSA) is 110 Å². The molecule has 1 aliphatic rings. The molecule has 1 atom stereocenters. The molecule has 2 aromatic rings. The maximum atomic E-state index is 15.8. The van der Waals surface area contributed by atoms with Gasteiger partial charge in [-0.25, -0.2) is 9.18 Å². The van der Waals surface area contributed by atoms with Crippen LogP contribution in [-0.4, -0.2) is 56.2 Å². The van der Waals surface area contributed by atoms with Crippen molar-refractivity contribution in [3.05, 3.63) is 53.3 Å². The molecule has 4 N–H and O–H groups in total. The van der Waals surface area contributed by atoms with Crippen LogP contribution in [0, 0.1) is 11.2 Å². The summed E-state index contributed by atoms with van der Waals surface area (Å²) >= 11 is 0. The lowest BCUT2D eigenvalue weighted by atomic mass is 10.0. The molecule has 1 fully saturated rings. The van der Waals surface area contributed by atoms with E-state index in [4.69, 9.17) is 25.4 Å². The zero-order valence-corrected chi connectivity index (χ0v) is 21.1. The average Bonchev–Trinajstić information content (AvgIpc) is 2.81. The molecule has 10 heteroatoms. The highest BCUT2D eigenvalue weighted by atomic mass is 35.5. The van der Waals surface area contributed by atoms with Gasteiger partial charge in [0.2, 0.25) is 0 Å². The van der Waals surface area contributed by atoms with E-state index in [0.29, 0.717) is 23.6 Å². The SMILES string of the molecule is CCOC(=O)C(Nc1ccc(C(=N)N)cc1)c1cc(OCC)cc(OC2CCN(C)CC2)c1F.Cl. The number of nitrogens with two attached hydrogens (primary N) is 1. The molecule has 192 valence electrons. The number of piperidine rings is 1. The van der Waals surface area contributed by atoms with Crippen molar-refractivity contribution in [2.75, 3.05) is 38.7 Å². The van der Waals surface area contributed by atoms with Crippen LogP contribution in [0.25, 0.3) is 0 Å². The lowest BCUT2D eigenvalue weighted by Gasteiger charge is -2.30. The minimum atomic E-state index is -1.14. The Hall–Kier alpha value is -3.04. The zero-order chi connectivity index (χ0) is 24.7. The Morgan fingerprint density at radius 1 is 1.20 bits per heavy atom. The fourth-order valence-electron chi connectivity index (χ4n) is 3.82. The summed E-state index contributed by atoms with van der Waals surface area (Å²) in [4.78, 5) is 15.1. The molecule has 1 saturated heterocycles. The fourth-order valence-corrected chi connectivity index (χ4v) is 3.82. The Labute approximate surface area is 211 Å². The van der Waals surface area contributed by atoms with Crippen LogP contribution in [0.4, 0.5) is 10.1 Å². The number of anilines is 1. The van der Waals surface area contributed by atoms with E-state index >= 15 is 4.39 Å². The number of hydrogen-bond acceptors (Lipinski definition) is 7. The van der Waals surface area contributed by atoms with Crippen LogP contribution < -0.4 is 20.5 Å². The highest BCUT2D eigenvalue weighted by Gasteiger charge is 2.29. The summed E-state index contributed by atoms with van der Waals surface area (Å²) in [5, 5.41) is 10.6. The molecular weight excluding hydrogens is 475 g/mol. The van der Waals surface area contributed by atoms with Crippen molar-refractivity contribution in [1.29, 1.82) is 5.41 Å². The van der Waals surface area contributed by atoms with Crippen LogP contribution in [0.1, 0.15) is 43.9 Å². The minimum Gasteiger partial charge on any atom is -0.494 e. The Morgan fingerprint density at radius 3 is 2.43 bits per heavy atom. The third kappa shape index (κ3) is 7.47. The molecule has 0 bridgehead atoms. The van der Waals surface area contributed by atoms with Crippen LogP contribution in [-0.2, 0) is 9.53 Å². The van der Waals surface area contributed by atoms with Gasteiger partial charge in [-0.15, -0.1) is 12.4 Å². The number of halogens is 2. The number of carbonyl (C=O) groups excluding carboxylic acids is 1. The molecule has 35 heavy (non-hydrogen) atoms. The first-order chi connectivity index (χ1) is 16.3. The summed E-state index contributed by atoms with van der Waals surface area (Å²) < 4.78 is 32.7. The van der Waals surface area contributed by atoms with Crippen molar-refractivity contribution in [3.63, 3.8) is 0 Å². The zero-order valence-electron chi connectivity index (χ0n) is 20.3. The summed E-state index contributed by atoms with van der Waals surface area (Å²) in [6, 6.07) is 8.53. The van der Waals surface area contributed by atoms with Gasteiger partial charge in [0, 0.05) is 36.0 Å². The maximum Gasteiger partial charge on any atom is 0.333 e. The molecule has 1 heterocycles. The van der Waals surface area contributed by atoms with Gasteiger partial charge in [0.05, 0.1) is 13.2 Å². The van der Waals surface area contributed by atoms with Crippen molar-refractivity contribution in [2.45, 2.75) is 38.8 Å². The number of nitrogens with one attached hydrogen (secondary N) is 2. The molecule has 0 radical (unpaired) electrons. The molecular formula is C25H34ClFN4O4. The largest absolute Gasteiger partial charge is 0.494 e. The van der Waals surface area contributed by atoms with Crippen molar-refractivity contribution >= 4 is 29.9 Å². The van der Waals surface area contributed by atoms with Gasteiger partial charge < -0.3 is 30.2 Å². The second-order valence-corrected chi connectivity index (χ2v) is 8.20. The number of esters is 1. The van der Waals surface area contributed by atoms with Crippen molar-refractivity contribution in [2.24, 2.45) is 5.73 Å². The monoisotopic (exact) mass is 508 g/mol. The molecule has 0 amide bonds. The van der Waals surface area contributed by atoms with E-state index in [-0.39, 0.29) is 42.3 Å². The van der Waals surface area contributed by atoms with E-state index in [1.807, 2.05) is 14.0 Å². The van der Waals surface area contributed by atoms with Crippen LogP contribution in [0.5, 0.6) is 11.5 Å². The minimum absolute atomic E-state index is 0. The number of amidine groups is 1. The highest BCUT2D eigenvalue weighted by molar-refractivity contribution is 5.95. The number of rotatable bonds is 10. The molecule has 0 aromatic heterocycles. The van der Waals surface area contributed by atoms with Crippen LogP contribution >= 0.6 is 12.4 Å². The van der Waals surface area contributed by atoms with E-state index in [1.165, 1.54) is 12.1 Å². The number of likely N-dealkylation sites (tertiary alicyclic amines) is 1. The first-order valence-electron chi connectivity index (χ1n) is 11.5. The van der Waals surface area contributed by atoms with E-state index in [0.717, 1.165) is 25.9 Å². The molecule has 1 unspecified atom stereocenters. The van der Waals surface area contributed by atoms with Crippen LogP contribution in [0.3, 0.4) is 0 Å². The Bertz CT molecular complexity index is 998. The summed E-state index contributed by atoms with van der Waals surface area (Å²) in [6.45, 7) is 5.78. The fraction of sp³-hybridized carbons (Fsp3) is 0.440. The van der Waals surface area contributed by atoms with E-state index in [9.17, 15) is 4.79 Å². The molecule has 3 rings (SSSR count). The first-order valence-corrected chi connectivity index (χ1v) is 11.5. The van der Waals surface area contributed by atoms with Crippen molar-refractivity contribution < 1.29 is 23.4 Å². The van der Waals surface area contributed by atoms with E-state index < -0.39 is 17.8 Å². The second-order valence-electron chi connectivity index (χ2n) is 8.20. The normalized spacial score (nSPS) is 15.0. The lowest BCUT2D eigenvalue weighted by Crippen LogP contribution is -2.36. The summed E-state index contributed by atoms with van der Waals surface area (Å²) in [5.74, 6) is -0.868. The third-order valence-electron chi connectivity index (χ3n) is 5.65. The van der Waals surface area contributed by atoms with Gasteiger partial charge in [-0.1, -0.05) is 0 Å².